The summed E-state index contributed by atoms with van der Waals surface area (Å²) in [6, 6.07) is 16.5. The van der Waals surface area contributed by atoms with Crippen LogP contribution in [0.5, 0.6) is 0 Å². The molecule has 1 aromatic heterocycles. The van der Waals surface area contributed by atoms with E-state index < -0.39 is 5.60 Å². The smallest absolute Gasteiger partial charge is 0.225 e. The van der Waals surface area contributed by atoms with Gasteiger partial charge in [0, 0.05) is 30.9 Å². The second kappa shape index (κ2) is 7.49. The summed E-state index contributed by atoms with van der Waals surface area (Å²) in [4.78, 5) is 11.6. The van der Waals surface area contributed by atoms with Crippen molar-refractivity contribution in [3.8, 4) is 11.3 Å². The number of benzene rings is 2. The monoisotopic (exact) mass is 376 g/mol. The van der Waals surface area contributed by atoms with Crippen LogP contribution in [0.25, 0.3) is 22.0 Å². The molecule has 1 unspecified atom stereocenters. The number of fused-ring (bicyclic) bond motifs is 1. The summed E-state index contributed by atoms with van der Waals surface area (Å²) in [5.41, 5.74) is 7.44. The SMILES string of the molecule is CC(C)(O)C(N)C1CCN(c2nccc(-c3ccc4ccccc4c3)n2)CC1. The zero-order valence-corrected chi connectivity index (χ0v) is 16.5. The Morgan fingerprint density at radius 3 is 2.50 bits per heavy atom. The predicted molar refractivity (Wildman–Crippen MR) is 114 cm³/mol. The Kier molecular flexibility index (Phi) is 5.04. The number of anilines is 1. The van der Waals surface area contributed by atoms with Crippen molar-refractivity contribution in [3.63, 3.8) is 0 Å². The standard InChI is InChI=1S/C23H28N4O/c1-23(2,28)21(24)17-10-13-27(14-11-17)22-25-12-9-20(26-22)19-8-7-16-5-3-4-6-18(16)15-19/h3-9,12,15,17,21,28H,10-11,13-14,24H2,1-2H3. The van der Waals surface area contributed by atoms with Gasteiger partial charge >= 0.3 is 0 Å². The Bertz CT molecular complexity index is 958. The van der Waals surface area contributed by atoms with E-state index in [-0.39, 0.29) is 6.04 Å². The van der Waals surface area contributed by atoms with Crippen molar-refractivity contribution in [2.24, 2.45) is 11.7 Å². The van der Waals surface area contributed by atoms with Crippen LogP contribution in [0, 0.1) is 5.92 Å². The normalized spacial score (nSPS) is 17.1. The van der Waals surface area contributed by atoms with Gasteiger partial charge in [-0.1, -0.05) is 36.4 Å². The maximum absolute atomic E-state index is 10.2. The van der Waals surface area contributed by atoms with Gasteiger partial charge in [0.1, 0.15) is 0 Å². The number of hydrogen-bond donors (Lipinski definition) is 2. The molecule has 5 nitrogen and oxygen atoms in total. The van der Waals surface area contributed by atoms with Crippen LogP contribution in [0.3, 0.4) is 0 Å². The fourth-order valence-corrected chi connectivity index (χ4v) is 4.05. The van der Waals surface area contributed by atoms with Crippen molar-refractivity contribution in [1.82, 2.24) is 9.97 Å². The predicted octanol–water partition coefficient (Wildman–Crippen LogP) is 3.61. The second-order valence-corrected chi connectivity index (χ2v) is 8.31. The highest BCUT2D eigenvalue weighted by Gasteiger charge is 2.33. The summed E-state index contributed by atoms with van der Waals surface area (Å²) >= 11 is 0. The quantitative estimate of drug-likeness (QED) is 0.727. The lowest BCUT2D eigenvalue weighted by atomic mass is 9.82. The van der Waals surface area contributed by atoms with Crippen molar-refractivity contribution in [3.05, 3.63) is 54.7 Å². The Hall–Kier alpha value is -2.50. The molecule has 3 aromatic rings. The highest BCUT2D eigenvalue weighted by molar-refractivity contribution is 5.86. The van der Waals surface area contributed by atoms with Gasteiger partial charge in [-0.2, -0.15) is 0 Å². The van der Waals surface area contributed by atoms with Crippen molar-refractivity contribution in [2.45, 2.75) is 38.3 Å². The molecule has 1 saturated heterocycles. The minimum atomic E-state index is -0.848. The molecule has 0 saturated carbocycles. The highest BCUT2D eigenvalue weighted by atomic mass is 16.3. The molecule has 5 heteroatoms. The fraction of sp³-hybridized carbons (Fsp3) is 0.391. The third-order valence-electron chi connectivity index (χ3n) is 5.83. The van der Waals surface area contributed by atoms with E-state index in [1.165, 1.54) is 10.8 Å². The number of rotatable bonds is 4. The Morgan fingerprint density at radius 1 is 1.07 bits per heavy atom. The van der Waals surface area contributed by atoms with Gasteiger partial charge in [0.05, 0.1) is 11.3 Å². The average molecular weight is 377 g/mol. The Balaban J connectivity index is 1.51. The number of aromatic nitrogens is 2. The summed E-state index contributed by atoms with van der Waals surface area (Å²) in [6.07, 6.45) is 3.71. The summed E-state index contributed by atoms with van der Waals surface area (Å²) in [7, 11) is 0. The van der Waals surface area contributed by atoms with Gasteiger partial charge in [0.25, 0.3) is 0 Å². The van der Waals surface area contributed by atoms with Crippen molar-refractivity contribution in [1.29, 1.82) is 0 Å². The van der Waals surface area contributed by atoms with Crippen LogP contribution in [-0.4, -0.2) is 39.8 Å². The van der Waals surface area contributed by atoms with E-state index >= 15 is 0 Å². The molecule has 3 N–H and O–H groups in total. The highest BCUT2D eigenvalue weighted by Crippen LogP contribution is 2.28. The molecule has 0 bridgehead atoms. The van der Waals surface area contributed by atoms with Crippen LogP contribution < -0.4 is 10.6 Å². The van der Waals surface area contributed by atoms with Gasteiger partial charge < -0.3 is 15.7 Å². The Morgan fingerprint density at radius 2 is 1.79 bits per heavy atom. The molecule has 28 heavy (non-hydrogen) atoms. The minimum Gasteiger partial charge on any atom is -0.389 e. The zero-order chi connectivity index (χ0) is 19.7. The van der Waals surface area contributed by atoms with Gasteiger partial charge in [0.2, 0.25) is 5.95 Å². The lowest BCUT2D eigenvalue weighted by Gasteiger charge is -2.39. The molecule has 4 rings (SSSR count). The van der Waals surface area contributed by atoms with Crippen molar-refractivity contribution < 1.29 is 5.11 Å². The molecular formula is C23H28N4O. The average Bonchev–Trinajstić information content (AvgIpc) is 2.72. The van der Waals surface area contributed by atoms with Gasteiger partial charge in [0.15, 0.2) is 0 Å². The molecule has 0 amide bonds. The Labute approximate surface area is 166 Å². The number of hydrogen-bond acceptors (Lipinski definition) is 5. The number of aliphatic hydroxyl groups is 1. The molecule has 0 radical (unpaired) electrons. The third-order valence-corrected chi connectivity index (χ3v) is 5.83. The van der Waals surface area contributed by atoms with Crippen LogP contribution in [-0.2, 0) is 0 Å². The van der Waals surface area contributed by atoms with Crippen LogP contribution >= 0.6 is 0 Å². The summed E-state index contributed by atoms with van der Waals surface area (Å²) < 4.78 is 0. The molecule has 2 heterocycles. The van der Waals surface area contributed by atoms with Crippen LogP contribution in [0.1, 0.15) is 26.7 Å². The molecule has 0 spiro atoms. The first-order valence-electron chi connectivity index (χ1n) is 9.97. The molecular weight excluding hydrogens is 348 g/mol. The van der Waals surface area contributed by atoms with E-state index in [1.54, 1.807) is 13.8 Å². The van der Waals surface area contributed by atoms with Gasteiger partial charge in [-0.3, -0.25) is 0 Å². The first-order chi connectivity index (χ1) is 13.4. The molecule has 1 fully saturated rings. The summed E-state index contributed by atoms with van der Waals surface area (Å²) in [5.74, 6) is 1.08. The van der Waals surface area contributed by atoms with E-state index in [9.17, 15) is 5.11 Å². The maximum atomic E-state index is 10.2. The molecule has 1 aliphatic rings. The minimum absolute atomic E-state index is 0.209. The van der Waals surface area contributed by atoms with Crippen LogP contribution in [0.4, 0.5) is 5.95 Å². The molecule has 146 valence electrons. The van der Waals surface area contributed by atoms with Crippen LogP contribution in [0.15, 0.2) is 54.7 Å². The zero-order valence-electron chi connectivity index (χ0n) is 16.5. The van der Waals surface area contributed by atoms with Gasteiger partial charge in [-0.05, 0) is 55.5 Å². The van der Waals surface area contributed by atoms with E-state index in [4.69, 9.17) is 10.7 Å². The van der Waals surface area contributed by atoms with Crippen molar-refractivity contribution in [2.75, 3.05) is 18.0 Å². The molecule has 2 aromatic carbocycles. The second-order valence-electron chi connectivity index (χ2n) is 8.31. The first kappa shape index (κ1) is 18.8. The largest absolute Gasteiger partial charge is 0.389 e. The number of nitrogens with two attached hydrogens (primary N) is 1. The van der Waals surface area contributed by atoms with E-state index in [0.29, 0.717) is 5.92 Å². The van der Waals surface area contributed by atoms with E-state index in [0.717, 1.165) is 43.1 Å². The lowest BCUT2D eigenvalue weighted by Crippen LogP contribution is -2.51. The molecule has 1 aliphatic heterocycles. The fourth-order valence-electron chi connectivity index (χ4n) is 4.05. The number of nitrogens with zero attached hydrogens (tertiary/aromatic N) is 3. The molecule has 0 aliphatic carbocycles. The number of piperidine rings is 1. The summed E-state index contributed by atoms with van der Waals surface area (Å²) in [5, 5.41) is 12.6. The van der Waals surface area contributed by atoms with E-state index in [2.05, 4.69) is 52.3 Å². The van der Waals surface area contributed by atoms with Crippen LogP contribution in [0.2, 0.25) is 0 Å². The summed E-state index contributed by atoms with van der Waals surface area (Å²) in [6.45, 7) is 5.30. The molecule has 1 atom stereocenters. The van der Waals surface area contributed by atoms with Gasteiger partial charge in [-0.15, -0.1) is 0 Å². The van der Waals surface area contributed by atoms with Crippen molar-refractivity contribution >= 4 is 16.7 Å². The third kappa shape index (κ3) is 3.86. The lowest BCUT2D eigenvalue weighted by molar-refractivity contribution is 0.0254. The first-order valence-corrected chi connectivity index (χ1v) is 9.97. The maximum Gasteiger partial charge on any atom is 0.225 e. The topological polar surface area (TPSA) is 75.3 Å². The van der Waals surface area contributed by atoms with Gasteiger partial charge in [-0.25, -0.2) is 9.97 Å². The van der Waals surface area contributed by atoms with E-state index in [1.807, 2.05) is 12.3 Å².